The molecule has 18 heavy (non-hydrogen) atoms. The van der Waals surface area contributed by atoms with E-state index in [4.69, 9.17) is 4.52 Å². The van der Waals surface area contributed by atoms with Gasteiger partial charge >= 0.3 is 0 Å². The minimum absolute atomic E-state index is 0.159. The lowest BCUT2D eigenvalue weighted by Gasteiger charge is -2.23. The summed E-state index contributed by atoms with van der Waals surface area (Å²) >= 11 is 0. The summed E-state index contributed by atoms with van der Waals surface area (Å²) in [5, 5.41) is 7.55. The highest BCUT2D eigenvalue weighted by Crippen LogP contribution is 2.34. The Morgan fingerprint density at radius 3 is 3.00 bits per heavy atom. The first kappa shape index (κ1) is 13.5. The zero-order chi connectivity index (χ0) is 13.0. The molecule has 0 spiro atoms. The predicted octanol–water partition coefficient (Wildman–Crippen LogP) is 3.42. The van der Waals surface area contributed by atoms with Crippen LogP contribution in [0.4, 0.5) is 0 Å². The van der Waals surface area contributed by atoms with Crippen molar-refractivity contribution < 1.29 is 4.52 Å². The summed E-state index contributed by atoms with van der Waals surface area (Å²) in [7, 11) is 0. The topological polar surface area (TPSA) is 51.0 Å². The van der Waals surface area contributed by atoms with E-state index in [0.29, 0.717) is 5.92 Å². The Kier molecular flexibility index (Phi) is 4.75. The van der Waals surface area contributed by atoms with Gasteiger partial charge in [0.05, 0.1) is 6.04 Å². The van der Waals surface area contributed by atoms with Crippen LogP contribution in [0.5, 0.6) is 0 Å². The molecule has 3 atom stereocenters. The first-order valence-corrected chi connectivity index (χ1v) is 7.27. The second-order valence-electron chi connectivity index (χ2n) is 5.64. The molecular weight excluding hydrogens is 226 g/mol. The van der Waals surface area contributed by atoms with Gasteiger partial charge in [0, 0.05) is 5.92 Å². The normalized spacial score (nSPS) is 26.2. The molecule has 4 nitrogen and oxygen atoms in total. The van der Waals surface area contributed by atoms with Crippen molar-refractivity contribution in [1.29, 1.82) is 0 Å². The van der Waals surface area contributed by atoms with Gasteiger partial charge in [-0.05, 0) is 38.6 Å². The van der Waals surface area contributed by atoms with Gasteiger partial charge in [0.15, 0.2) is 5.82 Å². The predicted molar refractivity (Wildman–Crippen MR) is 71.4 cm³/mol. The molecule has 0 aromatic carbocycles. The van der Waals surface area contributed by atoms with E-state index in [2.05, 4.69) is 36.2 Å². The Bertz CT molecular complexity index is 364. The molecule has 1 N–H and O–H groups in total. The third-order valence-corrected chi connectivity index (χ3v) is 3.83. The van der Waals surface area contributed by atoms with E-state index in [1.807, 2.05) is 0 Å². The van der Waals surface area contributed by atoms with Gasteiger partial charge in [0.25, 0.3) is 0 Å². The lowest BCUT2D eigenvalue weighted by atomic mass is 9.82. The van der Waals surface area contributed by atoms with Crippen molar-refractivity contribution in [2.75, 3.05) is 6.54 Å². The van der Waals surface area contributed by atoms with Crippen LogP contribution in [0.15, 0.2) is 4.52 Å². The van der Waals surface area contributed by atoms with Gasteiger partial charge < -0.3 is 9.84 Å². The summed E-state index contributed by atoms with van der Waals surface area (Å²) in [5.74, 6) is 2.95. The fraction of sp³-hybridized carbons (Fsp3) is 0.857. The standard InChI is InChI=1S/C14H25N3O/c1-4-8-15-11(3)14-16-13(17-18-14)12-7-5-6-10(2)9-12/h10-12,15H,4-9H2,1-3H3. The van der Waals surface area contributed by atoms with E-state index in [-0.39, 0.29) is 6.04 Å². The number of hydrogen-bond acceptors (Lipinski definition) is 4. The van der Waals surface area contributed by atoms with Crippen LogP contribution in [0, 0.1) is 5.92 Å². The molecule has 1 aromatic rings. The van der Waals surface area contributed by atoms with Gasteiger partial charge in [-0.1, -0.05) is 31.8 Å². The van der Waals surface area contributed by atoms with E-state index >= 15 is 0 Å². The molecule has 0 aliphatic heterocycles. The average Bonchev–Trinajstić information content (AvgIpc) is 2.85. The number of nitrogens with one attached hydrogen (secondary N) is 1. The molecule has 0 bridgehead atoms. The van der Waals surface area contributed by atoms with Crippen molar-refractivity contribution >= 4 is 0 Å². The van der Waals surface area contributed by atoms with E-state index < -0.39 is 0 Å². The van der Waals surface area contributed by atoms with Gasteiger partial charge in [-0.3, -0.25) is 0 Å². The van der Waals surface area contributed by atoms with E-state index in [0.717, 1.165) is 30.6 Å². The second kappa shape index (κ2) is 6.32. The van der Waals surface area contributed by atoms with Crippen LogP contribution in [0.25, 0.3) is 0 Å². The Morgan fingerprint density at radius 1 is 1.44 bits per heavy atom. The smallest absolute Gasteiger partial charge is 0.243 e. The molecule has 1 aromatic heterocycles. The van der Waals surface area contributed by atoms with Crippen LogP contribution >= 0.6 is 0 Å². The SMILES string of the molecule is CCCNC(C)c1nc(C2CCCC(C)C2)no1. The molecule has 1 aliphatic carbocycles. The third-order valence-electron chi connectivity index (χ3n) is 3.83. The molecule has 0 saturated heterocycles. The first-order valence-electron chi connectivity index (χ1n) is 7.27. The van der Waals surface area contributed by atoms with E-state index in [9.17, 15) is 0 Å². The van der Waals surface area contributed by atoms with Crippen molar-refractivity contribution in [2.45, 2.75) is 64.8 Å². The minimum atomic E-state index is 0.159. The molecule has 4 heteroatoms. The molecule has 102 valence electrons. The molecule has 0 amide bonds. The number of nitrogens with zero attached hydrogens (tertiary/aromatic N) is 2. The van der Waals surface area contributed by atoms with Gasteiger partial charge in [-0.15, -0.1) is 0 Å². The lowest BCUT2D eigenvalue weighted by molar-refractivity contribution is 0.312. The second-order valence-corrected chi connectivity index (χ2v) is 5.64. The maximum absolute atomic E-state index is 5.39. The highest BCUT2D eigenvalue weighted by molar-refractivity contribution is 4.99. The van der Waals surface area contributed by atoms with E-state index in [1.54, 1.807) is 0 Å². The first-order chi connectivity index (χ1) is 8.70. The largest absolute Gasteiger partial charge is 0.338 e. The molecule has 2 rings (SSSR count). The summed E-state index contributed by atoms with van der Waals surface area (Å²) in [6.07, 6.45) is 6.16. The maximum atomic E-state index is 5.39. The molecule has 3 unspecified atom stereocenters. The molecule has 1 aliphatic rings. The highest BCUT2D eigenvalue weighted by atomic mass is 16.5. The van der Waals surface area contributed by atoms with Crippen molar-refractivity contribution in [3.8, 4) is 0 Å². The lowest BCUT2D eigenvalue weighted by Crippen LogP contribution is -2.19. The van der Waals surface area contributed by atoms with Crippen LogP contribution in [0.1, 0.15) is 76.6 Å². The molecule has 1 fully saturated rings. The zero-order valence-corrected chi connectivity index (χ0v) is 11.8. The van der Waals surface area contributed by atoms with Gasteiger partial charge in [0.1, 0.15) is 0 Å². The van der Waals surface area contributed by atoms with Crippen molar-refractivity contribution in [3.63, 3.8) is 0 Å². The van der Waals surface area contributed by atoms with Crippen LogP contribution in [0.3, 0.4) is 0 Å². The van der Waals surface area contributed by atoms with Crippen LogP contribution in [-0.4, -0.2) is 16.7 Å². The summed E-state index contributed by atoms with van der Waals surface area (Å²) in [5.41, 5.74) is 0. The van der Waals surface area contributed by atoms with Gasteiger partial charge in [0.2, 0.25) is 5.89 Å². The number of rotatable bonds is 5. The van der Waals surface area contributed by atoms with E-state index in [1.165, 1.54) is 25.7 Å². The Morgan fingerprint density at radius 2 is 2.28 bits per heavy atom. The van der Waals surface area contributed by atoms with Crippen molar-refractivity contribution in [2.24, 2.45) is 5.92 Å². The van der Waals surface area contributed by atoms with Crippen LogP contribution in [-0.2, 0) is 0 Å². The fourth-order valence-corrected chi connectivity index (χ4v) is 2.71. The Balaban J connectivity index is 1.96. The average molecular weight is 251 g/mol. The summed E-state index contributed by atoms with van der Waals surface area (Å²) in [6, 6.07) is 0.159. The summed E-state index contributed by atoms with van der Waals surface area (Å²) < 4.78 is 5.39. The maximum Gasteiger partial charge on any atom is 0.243 e. The molecule has 0 radical (unpaired) electrons. The molecular formula is C14H25N3O. The summed E-state index contributed by atoms with van der Waals surface area (Å²) in [6.45, 7) is 7.54. The quantitative estimate of drug-likeness (QED) is 0.871. The molecule has 1 saturated carbocycles. The number of aromatic nitrogens is 2. The third kappa shape index (κ3) is 3.31. The molecule has 1 heterocycles. The zero-order valence-electron chi connectivity index (χ0n) is 11.8. The van der Waals surface area contributed by atoms with Crippen molar-refractivity contribution in [3.05, 3.63) is 11.7 Å². The van der Waals surface area contributed by atoms with Gasteiger partial charge in [-0.2, -0.15) is 4.98 Å². The Labute approximate surface area is 110 Å². The fourth-order valence-electron chi connectivity index (χ4n) is 2.71. The monoisotopic (exact) mass is 251 g/mol. The Hall–Kier alpha value is -0.900. The summed E-state index contributed by atoms with van der Waals surface area (Å²) in [4.78, 5) is 4.58. The van der Waals surface area contributed by atoms with Crippen molar-refractivity contribution in [1.82, 2.24) is 15.5 Å². The van der Waals surface area contributed by atoms with Gasteiger partial charge in [-0.25, -0.2) is 0 Å². The highest BCUT2D eigenvalue weighted by Gasteiger charge is 2.25. The number of hydrogen-bond donors (Lipinski definition) is 1. The van der Waals surface area contributed by atoms with Crippen LogP contribution in [0.2, 0.25) is 0 Å². The minimum Gasteiger partial charge on any atom is -0.338 e. The van der Waals surface area contributed by atoms with Crippen LogP contribution < -0.4 is 5.32 Å².